The first kappa shape index (κ1) is 12.8. The molecule has 19 heavy (non-hydrogen) atoms. The molecule has 1 N–H and O–H groups in total. The number of aldehydes is 1. The van der Waals surface area contributed by atoms with E-state index in [1.165, 1.54) is 18.2 Å². The van der Waals surface area contributed by atoms with E-state index in [-0.39, 0.29) is 29.1 Å². The van der Waals surface area contributed by atoms with Crippen LogP contribution in [0.15, 0.2) is 27.4 Å². The van der Waals surface area contributed by atoms with Gasteiger partial charge in [-0.2, -0.15) is 0 Å². The van der Waals surface area contributed by atoms with E-state index in [1.54, 1.807) is 6.92 Å². The van der Waals surface area contributed by atoms with Crippen LogP contribution >= 0.6 is 0 Å². The topological polar surface area (TPSA) is 93.8 Å². The van der Waals surface area contributed by atoms with E-state index < -0.39 is 11.6 Å². The van der Waals surface area contributed by atoms with Gasteiger partial charge in [0.1, 0.15) is 11.3 Å². The van der Waals surface area contributed by atoms with Crippen LogP contribution in [0.25, 0.3) is 11.0 Å². The number of phenols is 1. The van der Waals surface area contributed by atoms with E-state index in [0.29, 0.717) is 11.7 Å². The maximum Gasteiger partial charge on any atom is 0.351 e. The highest BCUT2D eigenvalue weighted by atomic mass is 16.5. The molecule has 0 aliphatic heterocycles. The number of fused-ring (bicyclic) bond motifs is 1. The average Bonchev–Trinajstić information content (AvgIpc) is 2.38. The predicted molar refractivity (Wildman–Crippen MR) is 65.5 cm³/mol. The molecule has 1 aromatic carbocycles. The number of phenolic OH excluding ortho intramolecular Hbond substituents is 1. The van der Waals surface area contributed by atoms with Gasteiger partial charge in [0.15, 0.2) is 11.9 Å². The van der Waals surface area contributed by atoms with Gasteiger partial charge in [-0.1, -0.05) is 0 Å². The number of carbonyl (C=O) groups excluding carboxylic acids is 2. The Labute approximate surface area is 107 Å². The number of hydrogen-bond donors (Lipinski definition) is 1. The highest BCUT2D eigenvalue weighted by Crippen LogP contribution is 2.25. The summed E-state index contributed by atoms with van der Waals surface area (Å²) in [6.45, 7) is 1.74. The summed E-state index contributed by atoms with van der Waals surface area (Å²) in [6, 6.07) is 3.98. The molecule has 0 aliphatic carbocycles. The quantitative estimate of drug-likeness (QED) is 0.511. The molecule has 0 spiro atoms. The fraction of sp³-hybridized carbons (Fsp3) is 0.154. The Morgan fingerprint density at radius 3 is 2.84 bits per heavy atom. The minimum Gasteiger partial charge on any atom is -0.507 e. The number of rotatable bonds is 3. The maximum absolute atomic E-state index is 11.7. The minimum atomic E-state index is -0.917. The van der Waals surface area contributed by atoms with Gasteiger partial charge < -0.3 is 14.3 Å². The highest BCUT2D eigenvalue weighted by molar-refractivity contribution is 5.99. The van der Waals surface area contributed by atoms with Crippen molar-refractivity contribution < 1.29 is 23.8 Å². The molecule has 2 aromatic rings. The van der Waals surface area contributed by atoms with Crippen molar-refractivity contribution >= 4 is 23.2 Å². The number of hydrogen-bond acceptors (Lipinski definition) is 6. The summed E-state index contributed by atoms with van der Waals surface area (Å²) in [5.74, 6) is -1.09. The van der Waals surface area contributed by atoms with E-state index in [0.717, 1.165) is 0 Å². The van der Waals surface area contributed by atoms with Gasteiger partial charge in [0.2, 0.25) is 0 Å². The van der Waals surface area contributed by atoms with Gasteiger partial charge in [0, 0.05) is 5.39 Å². The van der Waals surface area contributed by atoms with Gasteiger partial charge in [-0.15, -0.1) is 0 Å². The summed E-state index contributed by atoms with van der Waals surface area (Å²) in [7, 11) is 0. The second kappa shape index (κ2) is 4.93. The fourth-order valence-electron chi connectivity index (χ4n) is 1.66. The Kier molecular flexibility index (Phi) is 3.33. The first-order valence-corrected chi connectivity index (χ1v) is 5.50. The van der Waals surface area contributed by atoms with Crippen molar-refractivity contribution in [2.45, 2.75) is 6.92 Å². The van der Waals surface area contributed by atoms with E-state index in [4.69, 9.17) is 9.15 Å². The Morgan fingerprint density at radius 2 is 2.21 bits per heavy atom. The lowest BCUT2D eigenvalue weighted by atomic mass is 10.1. The molecular weight excluding hydrogens is 252 g/mol. The van der Waals surface area contributed by atoms with Gasteiger partial charge >= 0.3 is 11.6 Å². The summed E-state index contributed by atoms with van der Waals surface area (Å²) in [6.07, 6.45) is 0.380. The lowest BCUT2D eigenvalue weighted by molar-refractivity contribution is 0.0521. The van der Waals surface area contributed by atoms with Crippen LogP contribution in [0.2, 0.25) is 0 Å². The van der Waals surface area contributed by atoms with Gasteiger partial charge in [0.05, 0.1) is 12.2 Å². The Hall–Kier alpha value is -2.63. The van der Waals surface area contributed by atoms with Crippen molar-refractivity contribution in [1.29, 1.82) is 0 Å². The molecule has 98 valence electrons. The summed E-state index contributed by atoms with van der Waals surface area (Å²) in [5, 5.41) is 9.83. The lowest BCUT2D eigenvalue weighted by Crippen LogP contribution is -2.16. The largest absolute Gasteiger partial charge is 0.507 e. The molecule has 6 heteroatoms. The molecule has 1 heterocycles. The first-order chi connectivity index (χ1) is 9.08. The molecule has 0 fully saturated rings. The fourth-order valence-corrected chi connectivity index (χ4v) is 1.66. The van der Waals surface area contributed by atoms with Crippen molar-refractivity contribution in [3.8, 4) is 5.75 Å². The number of carbonyl (C=O) groups is 2. The van der Waals surface area contributed by atoms with Gasteiger partial charge in [-0.05, 0) is 25.1 Å². The molecule has 0 saturated heterocycles. The number of esters is 1. The number of ether oxygens (including phenoxy) is 1. The van der Waals surface area contributed by atoms with Crippen LogP contribution in [0.5, 0.6) is 5.75 Å². The van der Waals surface area contributed by atoms with E-state index in [9.17, 15) is 19.5 Å². The van der Waals surface area contributed by atoms with E-state index >= 15 is 0 Å². The van der Waals surface area contributed by atoms with Crippen molar-refractivity contribution in [3.63, 3.8) is 0 Å². The molecule has 6 nitrogen and oxygen atoms in total. The van der Waals surface area contributed by atoms with Crippen LogP contribution in [-0.2, 0) is 4.74 Å². The number of benzene rings is 1. The summed E-state index contributed by atoms with van der Waals surface area (Å²) in [5.41, 5.74) is -1.37. The molecule has 1 aromatic heterocycles. The third kappa shape index (κ3) is 2.20. The molecule has 0 bridgehead atoms. The van der Waals surface area contributed by atoms with Crippen molar-refractivity contribution in [3.05, 3.63) is 39.7 Å². The second-order valence-corrected chi connectivity index (χ2v) is 3.70. The van der Waals surface area contributed by atoms with Crippen LogP contribution in [0.4, 0.5) is 0 Å². The van der Waals surface area contributed by atoms with Crippen molar-refractivity contribution in [2.24, 2.45) is 0 Å². The third-order valence-corrected chi connectivity index (χ3v) is 2.53. The predicted octanol–water partition coefficient (Wildman–Crippen LogP) is 1.49. The van der Waals surface area contributed by atoms with Crippen LogP contribution in [-0.4, -0.2) is 24.0 Å². The van der Waals surface area contributed by atoms with Gasteiger partial charge in [-0.3, -0.25) is 4.79 Å². The average molecular weight is 262 g/mol. The van der Waals surface area contributed by atoms with Crippen LogP contribution in [0.3, 0.4) is 0 Å². The molecule has 0 unspecified atom stereocenters. The Bertz CT molecular complexity index is 713. The standard InChI is InChI=1S/C13H10O6/c1-2-18-12(16)8-5-7-3-4-10(15)9(6-14)11(7)19-13(8)17/h3-6,15H,2H2,1H3. The Balaban J connectivity index is 2.72. The molecule has 0 atom stereocenters. The summed E-state index contributed by atoms with van der Waals surface area (Å²) < 4.78 is 9.64. The van der Waals surface area contributed by atoms with Crippen LogP contribution in [0, 0.1) is 0 Å². The molecular formula is C13H10O6. The number of aromatic hydroxyl groups is 1. The molecule has 0 amide bonds. The molecule has 0 saturated carbocycles. The smallest absolute Gasteiger partial charge is 0.351 e. The van der Waals surface area contributed by atoms with Crippen molar-refractivity contribution in [1.82, 2.24) is 0 Å². The van der Waals surface area contributed by atoms with E-state index in [2.05, 4.69) is 0 Å². The summed E-state index contributed by atoms with van der Waals surface area (Å²) in [4.78, 5) is 34.1. The van der Waals surface area contributed by atoms with Crippen molar-refractivity contribution in [2.75, 3.05) is 6.61 Å². The third-order valence-electron chi connectivity index (χ3n) is 2.53. The second-order valence-electron chi connectivity index (χ2n) is 3.70. The minimum absolute atomic E-state index is 0.0620. The molecule has 2 rings (SSSR count). The zero-order chi connectivity index (χ0) is 14.0. The Morgan fingerprint density at radius 1 is 1.47 bits per heavy atom. The molecule has 0 aliphatic rings. The SMILES string of the molecule is CCOC(=O)c1cc2ccc(O)c(C=O)c2oc1=O. The zero-order valence-electron chi connectivity index (χ0n) is 10.0. The summed E-state index contributed by atoms with van der Waals surface area (Å²) >= 11 is 0. The lowest BCUT2D eigenvalue weighted by Gasteiger charge is -2.04. The molecule has 0 radical (unpaired) electrons. The van der Waals surface area contributed by atoms with Gasteiger partial charge in [-0.25, -0.2) is 9.59 Å². The van der Waals surface area contributed by atoms with Gasteiger partial charge in [0.25, 0.3) is 0 Å². The first-order valence-electron chi connectivity index (χ1n) is 5.50. The zero-order valence-corrected chi connectivity index (χ0v) is 10.0. The highest BCUT2D eigenvalue weighted by Gasteiger charge is 2.17. The maximum atomic E-state index is 11.7. The van der Waals surface area contributed by atoms with Crippen LogP contribution in [0.1, 0.15) is 27.6 Å². The normalized spacial score (nSPS) is 10.4. The monoisotopic (exact) mass is 262 g/mol. The van der Waals surface area contributed by atoms with E-state index in [1.807, 2.05) is 0 Å². The van der Waals surface area contributed by atoms with Crippen LogP contribution < -0.4 is 5.63 Å².